The van der Waals surface area contributed by atoms with E-state index in [0.717, 1.165) is 32.3 Å². The molecule has 0 spiro atoms. The minimum atomic E-state index is 0.399. The summed E-state index contributed by atoms with van der Waals surface area (Å²) in [5.74, 6) is 0. The number of rotatable bonds is 3. The quantitative estimate of drug-likeness (QED) is 0.870. The fourth-order valence-corrected chi connectivity index (χ4v) is 2.62. The third-order valence-electron chi connectivity index (χ3n) is 3.49. The van der Waals surface area contributed by atoms with E-state index in [1.54, 1.807) is 0 Å². The van der Waals surface area contributed by atoms with Crippen molar-refractivity contribution in [2.45, 2.75) is 58.3 Å². The van der Waals surface area contributed by atoms with E-state index in [-0.39, 0.29) is 0 Å². The predicted octanol–water partition coefficient (Wildman–Crippen LogP) is 3.09. The van der Waals surface area contributed by atoms with Gasteiger partial charge in [0, 0.05) is 6.04 Å². The van der Waals surface area contributed by atoms with Gasteiger partial charge in [-0.3, -0.25) is 0 Å². The molecule has 17 heavy (non-hydrogen) atoms. The Morgan fingerprint density at radius 1 is 1.06 bits per heavy atom. The molecule has 1 fully saturated rings. The second-order valence-electron chi connectivity index (χ2n) is 5.34. The average Bonchev–Trinajstić information content (AvgIpc) is 2.27. The van der Waals surface area contributed by atoms with Crippen LogP contribution in [0.5, 0.6) is 0 Å². The highest BCUT2D eigenvalue weighted by Crippen LogP contribution is 2.21. The van der Waals surface area contributed by atoms with Gasteiger partial charge in [0.1, 0.15) is 0 Å². The first-order valence-electron chi connectivity index (χ1n) is 6.58. The van der Waals surface area contributed by atoms with Crippen molar-refractivity contribution >= 4 is 0 Å². The molecule has 2 heteroatoms. The monoisotopic (exact) mass is 233 g/mol. The molecule has 1 aromatic carbocycles. The molecule has 94 valence electrons. The molecule has 1 aliphatic carbocycles. The molecule has 2 N–H and O–H groups in total. The lowest BCUT2D eigenvalue weighted by molar-refractivity contribution is 0.0138. The lowest BCUT2D eigenvalue weighted by Gasteiger charge is -2.26. The molecule has 0 aromatic heterocycles. The van der Waals surface area contributed by atoms with Gasteiger partial charge >= 0.3 is 0 Å². The SMILES string of the molecule is Cc1cc(C)cc(COC2CCC(N)CC2)c1. The molecule has 0 saturated heterocycles. The highest BCUT2D eigenvalue weighted by atomic mass is 16.5. The van der Waals surface area contributed by atoms with Crippen LogP contribution in [0.2, 0.25) is 0 Å². The summed E-state index contributed by atoms with van der Waals surface area (Å²) in [6.45, 7) is 5.01. The largest absolute Gasteiger partial charge is 0.374 e. The summed E-state index contributed by atoms with van der Waals surface area (Å²) < 4.78 is 5.97. The highest BCUT2D eigenvalue weighted by molar-refractivity contribution is 5.28. The molecular formula is C15H23NO. The van der Waals surface area contributed by atoms with Crippen LogP contribution in [-0.2, 0) is 11.3 Å². The average molecular weight is 233 g/mol. The van der Waals surface area contributed by atoms with Crippen molar-refractivity contribution in [3.8, 4) is 0 Å². The van der Waals surface area contributed by atoms with Gasteiger partial charge in [-0.1, -0.05) is 29.3 Å². The maximum absolute atomic E-state index is 5.97. The lowest BCUT2D eigenvalue weighted by atomic mass is 9.94. The summed E-state index contributed by atoms with van der Waals surface area (Å²) in [7, 11) is 0. The van der Waals surface area contributed by atoms with Crippen LogP contribution in [-0.4, -0.2) is 12.1 Å². The molecule has 0 amide bonds. The van der Waals surface area contributed by atoms with Crippen LogP contribution in [0.4, 0.5) is 0 Å². The Morgan fingerprint density at radius 2 is 1.65 bits per heavy atom. The zero-order valence-electron chi connectivity index (χ0n) is 10.9. The van der Waals surface area contributed by atoms with Crippen LogP contribution in [0.15, 0.2) is 18.2 Å². The van der Waals surface area contributed by atoms with E-state index in [0.29, 0.717) is 12.1 Å². The predicted molar refractivity (Wildman–Crippen MR) is 70.9 cm³/mol. The Bertz CT molecular complexity index is 347. The van der Waals surface area contributed by atoms with E-state index in [1.807, 2.05) is 0 Å². The zero-order chi connectivity index (χ0) is 12.3. The number of hydrogen-bond donors (Lipinski definition) is 1. The number of nitrogens with two attached hydrogens (primary N) is 1. The summed E-state index contributed by atoms with van der Waals surface area (Å²) in [6.07, 6.45) is 4.86. The van der Waals surface area contributed by atoms with Gasteiger partial charge in [-0.05, 0) is 45.1 Å². The summed E-state index contributed by atoms with van der Waals surface area (Å²) in [4.78, 5) is 0. The Hall–Kier alpha value is -0.860. The maximum atomic E-state index is 5.97. The fraction of sp³-hybridized carbons (Fsp3) is 0.600. The van der Waals surface area contributed by atoms with Gasteiger partial charge in [-0.2, -0.15) is 0 Å². The highest BCUT2D eigenvalue weighted by Gasteiger charge is 2.18. The van der Waals surface area contributed by atoms with E-state index in [2.05, 4.69) is 32.0 Å². The first-order valence-corrected chi connectivity index (χ1v) is 6.58. The van der Waals surface area contributed by atoms with E-state index < -0.39 is 0 Å². The van der Waals surface area contributed by atoms with Crippen LogP contribution in [0, 0.1) is 13.8 Å². The molecule has 0 aliphatic heterocycles. The fourth-order valence-electron chi connectivity index (χ4n) is 2.62. The van der Waals surface area contributed by atoms with Gasteiger partial charge in [0.15, 0.2) is 0 Å². The Kier molecular flexibility index (Phi) is 4.19. The second kappa shape index (κ2) is 5.65. The molecule has 0 unspecified atom stereocenters. The van der Waals surface area contributed by atoms with Crippen molar-refractivity contribution in [1.29, 1.82) is 0 Å². The Labute approximate surface area is 104 Å². The number of ether oxygens (including phenoxy) is 1. The lowest BCUT2D eigenvalue weighted by Crippen LogP contribution is -2.30. The van der Waals surface area contributed by atoms with Gasteiger partial charge in [-0.25, -0.2) is 0 Å². The van der Waals surface area contributed by atoms with E-state index in [1.165, 1.54) is 16.7 Å². The molecule has 0 bridgehead atoms. The molecule has 2 rings (SSSR count). The minimum absolute atomic E-state index is 0.399. The van der Waals surface area contributed by atoms with Crippen LogP contribution < -0.4 is 5.73 Å². The summed E-state index contributed by atoms with van der Waals surface area (Å²) in [5.41, 5.74) is 9.81. The second-order valence-corrected chi connectivity index (χ2v) is 5.34. The summed E-state index contributed by atoms with van der Waals surface area (Å²) >= 11 is 0. The third-order valence-corrected chi connectivity index (χ3v) is 3.49. The minimum Gasteiger partial charge on any atom is -0.374 e. The van der Waals surface area contributed by atoms with Gasteiger partial charge in [0.25, 0.3) is 0 Å². The van der Waals surface area contributed by atoms with Crippen LogP contribution in [0.3, 0.4) is 0 Å². The molecule has 0 radical (unpaired) electrons. The molecule has 1 aliphatic rings. The van der Waals surface area contributed by atoms with Crippen molar-refractivity contribution in [3.63, 3.8) is 0 Å². The van der Waals surface area contributed by atoms with Gasteiger partial charge < -0.3 is 10.5 Å². The zero-order valence-corrected chi connectivity index (χ0v) is 10.9. The Balaban J connectivity index is 1.85. The molecule has 2 nitrogen and oxygen atoms in total. The third kappa shape index (κ3) is 3.83. The molecule has 0 atom stereocenters. The summed E-state index contributed by atoms with van der Waals surface area (Å²) in [6, 6.07) is 7.02. The van der Waals surface area contributed by atoms with E-state index in [4.69, 9.17) is 10.5 Å². The Morgan fingerprint density at radius 3 is 2.24 bits per heavy atom. The van der Waals surface area contributed by atoms with E-state index in [9.17, 15) is 0 Å². The van der Waals surface area contributed by atoms with Gasteiger partial charge in [0.05, 0.1) is 12.7 Å². The standard InChI is InChI=1S/C15H23NO/c1-11-7-12(2)9-13(8-11)10-17-15-5-3-14(16)4-6-15/h7-9,14-15H,3-6,10,16H2,1-2H3. The van der Waals surface area contributed by atoms with Crippen molar-refractivity contribution in [3.05, 3.63) is 34.9 Å². The van der Waals surface area contributed by atoms with Crippen LogP contribution in [0.25, 0.3) is 0 Å². The van der Waals surface area contributed by atoms with Crippen molar-refractivity contribution in [2.24, 2.45) is 5.73 Å². The van der Waals surface area contributed by atoms with Crippen molar-refractivity contribution in [1.82, 2.24) is 0 Å². The van der Waals surface area contributed by atoms with Crippen molar-refractivity contribution < 1.29 is 4.74 Å². The van der Waals surface area contributed by atoms with E-state index >= 15 is 0 Å². The number of benzene rings is 1. The molecule has 1 saturated carbocycles. The van der Waals surface area contributed by atoms with Crippen molar-refractivity contribution in [2.75, 3.05) is 0 Å². The smallest absolute Gasteiger partial charge is 0.0720 e. The molecule has 1 aromatic rings. The number of aryl methyl sites for hydroxylation is 2. The molecular weight excluding hydrogens is 210 g/mol. The summed E-state index contributed by atoms with van der Waals surface area (Å²) in [5, 5.41) is 0. The normalized spacial score (nSPS) is 24.9. The first kappa shape index (κ1) is 12.6. The number of hydrogen-bond acceptors (Lipinski definition) is 2. The topological polar surface area (TPSA) is 35.2 Å². The first-order chi connectivity index (χ1) is 8.13. The molecule has 0 heterocycles. The van der Waals surface area contributed by atoms with Crippen LogP contribution in [0.1, 0.15) is 42.4 Å². The van der Waals surface area contributed by atoms with Crippen LogP contribution >= 0.6 is 0 Å². The maximum Gasteiger partial charge on any atom is 0.0720 e. The van der Waals surface area contributed by atoms with Gasteiger partial charge in [0.2, 0.25) is 0 Å². The van der Waals surface area contributed by atoms with Gasteiger partial charge in [-0.15, -0.1) is 0 Å².